The van der Waals surface area contributed by atoms with Gasteiger partial charge in [-0.15, -0.1) is 11.3 Å². The number of nitriles is 1. The van der Waals surface area contributed by atoms with Gasteiger partial charge in [0.1, 0.15) is 10.3 Å². The van der Waals surface area contributed by atoms with Gasteiger partial charge in [0.2, 0.25) is 0 Å². The van der Waals surface area contributed by atoms with Crippen LogP contribution < -0.4 is 0 Å². The Morgan fingerprint density at radius 3 is 2.29 bits per heavy atom. The molecular weight excluding hydrogens is 410 g/mol. The Morgan fingerprint density at radius 1 is 1.08 bits per heavy atom. The SMILES string of the molecule is N#CC(c1ccccc1)N1CCN(S(=O)(=O)c2ccc(Br)s2)CC1. The topological polar surface area (TPSA) is 64.4 Å². The number of thiophene rings is 1. The first-order chi connectivity index (χ1) is 11.5. The van der Waals surface area contributed by atoms with Crippen LogP contribution in [0.3, 0.4) is 0 Å². The molecule has 0 radical (unpaired) electrons. The lowest BCUT2D eigenvalue weighted by molar-refractivity contribution is 0.163. The van der Waals surface area contributed by atoms with Gasteiger partial charge in [0.25, 0.3) is 10.0 Å². The fourth-order valence-electron chi connectivity index (χ4n) is 2.77. The van der Waals surface area contributed by atoms with Gasteiger partial charge < -0.3 is 0 Å². The largest absolute Gasteiger partial charge is 0.282 e. The van der Waals surface area contributed by atoms with Crippen molar-refractivity contribution in [3.8, 4) is 6.07 Å². The summed E-state index contributed by atoms with van der Waals surface area (Å²) >= 11 is 4.52. The highest BCUT2D eigenvalue weighted by Gasteiger charge is 2.32. The molecule has 1 atom stereocenters. The van der Waals surface area contributed by atoms with E-state index < -0.39 is 10.0 Å². The molecule has 1 saturated heterocycles. The number of rotatable bonds is 4. The molecule has 8 heteroatoms. The Hall–Kier alpha value is -1.24. The maximum atomic E-state index is 12.6. The van der Waals surface area contributed by atoms with Crippen LogP contribution in [-0.2, 0) is 10.0 Å². The molecule has 126 valence electrons. The van der Waals surface area contributed by atoms with E-state index in [0.29, 0.717) is 30.4 Å². The van der Waals surface area contributed by atoms with Crippen molar-refractivity contribution in [2.75, 3.05) is 26.2 Å². The van der Waals surface area contributed by atoms with E-state index in [1.54, 1.807) is 12.1 Å². The maximum absolute atomic E-state index is 12.6. The van der Waals surface area contributed by atoms with Crippen molar-refractivity contribution >= 4 is 37.3 Å². The molecule has 5 nitrogen and oxygen atoms in total. The van der Waals surface area contributed by atoms with Crippen LogP contribution in [-0.4, -0.2) is 43.8 Å². The smallest absolute Gasteiger partial charge is 0.252 e. The van der Waals surface area contributed by atoms with Crippen molar-refractivity contribution in [1.29, 1.82) is 5.26 Å². The van der Waals surface area contributed by atoms with Gasteiger partial charge in [0.15, 0.2) is 0 Å². The monoisotopic (exact) mass is 425 g/mol. The Balaban J connectivity index is 1.71. The van der Waals surface area contributed by atoms with E-state index in [4.69, 9.17) is 0 Å². The summed E-state index contributed by atoms with van der Waals surface area (Å²) < 4.78 is 27.9. The van der Waals surface area contributed by atoms with Gasteiger partial charge >= 0.3 is 0 Å². The average molecular weight is 426 g/mol. The molecule has 0 saturated carbocycles. The van der Waals surface area contributed by atoms with Crippen molar-refractivity contribution in [3.63, 3.8) is 0 Å². The van der Waals surface area contributed by atoms with Crippen LogP contribution in [0.1, 0.15) is 11.6 Å². The molecule has 1 aromatic carbocycles. The highest BCUT2D eigenvalue weighted by molar-refractivity contribution is 9.11. The number of halogens is 1. The molecule has 0 amide bonds. The van der Waals surface area contributed by atoms with Crippen LogP contribution in [0.4, 0.5) is 0 Å². The number of piperazine rings is 1. The van der Waals surface area contributed by atoms with E-state index >= 15 is 0 Å². The zero-order valence-electron chi connectivity index (χ0n) is 12.8. The van der Waals surface area contributed by atoms with Crippen LogP contribution in [0.5, 0.6) is 0 Å². The van der Waals surface area contributed by atoms with Crippen LogP contribution in [0.2, 0.25) is 0 Å². The van der Waals surface area contributed by atoms with Crippen molar-refractivity contribution in [2.24, 2.45) is 0 Å². The van der Waals surface area contributed by atoms with Gasteiger partial charge in [-0.3, -0.25) is 4.90 Å². The fourth-order valence-corrected chi connectivity index (χ4v) is 6.35. The predicted molar refractivity (Wildman–Crippen MR) is 97.1 cm³/mol. The van der Waals surface area contributed by atoms with Crippen LogP contribution in [0, 0.1) is 11.3 Å². The van der Waals surface area contributed by atoms with Crippen molar-refractivity contribution in [1.82, 2.24) is 9.21 Å². The molecule has 1 aliphatic heterocycles. The van der Waals surface area contributed by atoms with Crippen molar-refractivity contribution < 1.29 is 8.42 Å². The Kier molecular flexibility index (Phi) is 5.37. The van der Waals surface area contributed by atoms with E-state index in [9.17, 15) is 13.7 Å². The molecular formula is C16H16BrN3O2S2. The number of nitrogens with zero attached hydrogens (tertiary/aromatic N) is 3. The van der Waals surface area contributed by atoms with Crippen LogP contribution in [0.15, 0.2) is 50.5 Å². The minimum atomic E-state index is -3.45. The molecule has 0 spiro atoms. The molecule has 1 unspecified atom stereocenters. The van der Waals surface area contributed by atoms with Gasteiger partial charge in [0, 0.05) is 26.2 Å². The molecule has 2 heterocycles. The minimum Gasteiger partial charge on any atom is -0.282 e. The molecule has 1 aliphatic rings. The lowest BCUT2D eigenvalue weighted by atomic mass is 10.1. The van der Waals surface area contributed by atoms with E-state index in [-0.39, 0.29) is 6.04 Å². The normalized spacial score (nSPS) is 18.2. The average Bonchev–Trinajstić information content (AvgIpc) is 3.04. The molecule has 1 fully saturated rings. The maximum Gasteiger partial charge on any atom is 0.252 e. The highest BCUT2D eigenvalue weighted by Crippen LogP contribution is 2.30. The number of benzene rings is 1. The van der Waals surface area contributed by atoms with Crippen LogP contribution in [0.25, 0.3) is 0 Å². The zero-order chi connectivity index (χ0) is 17.2. The van der Waals surface area contributed by atoms with E-state index in [2.05, 4.69) is 22.0 Å². The zero-order valence-corrected chi connectivity index (χ0v) is 16.0. The third kappa shape index (κ3) is 3.55. The summed E-state index contributed by atoms with van der Waals surface area (Å²) in [5.74, 6) is 0. The number of hydrogen-bond donors (Lipinski definition) is 0. The number of sulfonamides is 1. The second kappa shape index (κ2) is 7.33. The molecule has 24 heavy (non-hydrogen) atoms. The first-order valence-electron chi connectivity index (χ1n) is 7.46. The molecule has 0 bridgehead atoms. The first kappa shape index (κ1) is 17.6. The fraction of sp³-hybridized carbons (Fsp3) is 0.312. The Bertz CT molecular complexity index is 838. The molecule has 2 aromatic rings. The lowest BCUT2D eigenvalue weighted by Crippen LogP contribution is -2.49. The first-order valence-corrected chi connectivity index (χ1v) is 10.5. The predicted octanol–water partition coefficient (Wildman–Crippen LogP) is 3.08. The van der Waals surface area contributed by atoms with Crippen molar-refractivity contribution in [3.05, 3.63) is 51.8 Å². The third-order valence-electron chi connectivity index (χ3n) is 4.02. The van der Waals surface area contributed by atoms with E-state index in [1.807, 2.05) is 35.2 Å². The Morgan fingerprint density at radius 2 is 1.75 bits per heavy atom. The minimum absolute atomic E-state index is 0.341. The summed E-state index contributed by atoms with van der Waals surface area (Å²) in [6.45, 7) is 1.86. The van der Waals surface area contributed by atoms with Gasteiger partial charge in [0.05, 0.1) is 9.86 Å². The Labute approximate surface area is 154 Å². The summed E-state index contributed by atoms with van der Waals surface area (Å²) in [7, 11) is -3.45. The molecule has 0 aliphatic carbocycles. The standard InChI is InChI=1S/C16H16BrN3O2S2/c17-15-6-7-16(23-15)24(21,22)20-10-8-19(9-11-20)14(12-18)13-4-2-1-3-5-13/h1-7,14H,8-11H2. The van der Waals surface area contributed by atoms with Gasteiger partial charge in [-0.1, -0.05) is 30.3 Å². The third-order valence-corrected chi connectivity index (χ3v) is 8.01. The summed E-state index contributed by atoms with van der Waals surface area (Å²) in [4.78, 5) is 2.03. The summed E-state index contributed by atoms with van der Waals surface area (Å²) in [5, 5.41) is 9.51. The lowest BCUT2D eigenvalue weighted by Gasteiger charge is -2.36. The molecule has 0 N–H and O–H groups in total. The summed E-state index contributed by atoms with van der Waals surface area (Å²) in [6.07, 6.45) is 0. The second-order valence-corrected chi connectivity index (χ2v) is 10.1. The molecule has 3 rings (SSSR count). The van der Waals surface area contributed by atoms with Crippen LogP contribution >= 0.6 is 27.3 Å². The van der Waals surface area contributed by atoms with E-state index in [0.717, 1.165) is 9.35 Å². The van der Waals surface area contributed by atoms with Gasteiger partial charge in [-0.2, -0.15) is 9.57 Å². The van der Waals surface area contributed by atoms with E-state index in [1.165, 1.54) is 15.6 Å². The number of hydrogen-bond acceptors (Lipinski definition) is 5. The highest BCUT2D eigenvalue weighted by atomic mass is 79.9. The van der Waals surface area contributed by atoms with Gasteiger partial charge in [-0.25, -0.2) is 8.42 Å². The quantitative estimate of drug-likeness (QED) is 0.754. The second-order valence-electron chi connectivity index (χ2n) is 5.44. The van der Waals surface area contributed by atoms with Gasteiger partial charge in [-0.05, 0) is 33.6 Å². The molecule has 1 aromatic heterocycles. The summed E-state index contributed by atoms with van der Waals surface area (Å²) in [5.41, 5.74) is 0.943. The van der Waals surface area contributed by atoms with Crippen molar-refractivity contribution in [2.45, 2.75) is 10.3 Å². The summed E-state index contributed by atoms with van der Waals surface area (Å²) in [6, 6.07) is 15.0.